The Morgan fingerprint density at radius 3 is 2.45 bits per heavy atom. The summed E-state index contributed by atoms with van der Waals surface area (Å²) in [4.78, 5) is 18.7. The standard InChI is InChI=1S/C14H18F3N3O2/c1-11(21)22-9-8-19-4-6-20(7-5-19)13-3-2-12(10-18-13)14(15,16)17/h2-3,10H,4-9H2,1H3. The van der Waals surface area contributed by atoms with Crippen molar-refractivity contribution in [3.63, 3.8) is 0 Å². The molecule has 1 saturated heterocycles. The Kier molecular flexibility index (Phi) is 5.23. The molecule has 0 spiro atoms. The van der Waals surface area contributed by atoms with Gasteiger partial charge < -0.3 is 9.64 Å². The maximum atomic E-state index is 12.5. The van der Waals surface area contributed by atoms with E-state index < -0.39 is 11.7 Å². The van der Waals surface area contributed by atoms with Crippen LogP contribution >= 0.6 is 0 Å². The Hall–Kier alpha value is -1.83. The lowest BCUT2D eigenvalue weighted by molar-refractivity contribution is -0.141. The van der Waals surface area contributed by atoms with Gasteiger partial charge >= 0.3 is 12.1 Å². The first-order valence-corrected chi connectivity index (χ1v) is 7.00. The molecule has 0 amide bonds. The van der Waals surface area contributed by atoms with Crippen molar-refractivity contribution in [2.45, 2.75) is 13.1 Å². The minimum atomic E-state index is -4.36. The van der Waals surface area contributed by atoms with E-state index in [1.54, 1.807) is 0 Å². The fourth-order valence-corrected chi connectivity index (χ4v) is 2.26. The number of alkyl halides is 3. The van der Waals surface area contributed by atoms with Gasteiger partial charge in [-0.25, -0.2) is 4.98 Å². The summed E-state index contributed by atoms with van der Waals surface area (Å²) in [5.41, 5.74) is -0.740. The van der Waals surface area contributed by atoms with Crippen LogP contribution in [0.3, 0.4) is 0 Å². The SMILES string of the molecule is CC(=O)OCCN1CCN(c2ccc(C(F)(F)F)cn2)CC1. The van der Waals surface area contributed by atoms with E-state index in [1.165, 1.54) is 13.0 Å². The minimum Gasteiger partial charge on any atom is -0.465 e. The quantitative estimate of drug-likeness (QED) is 0.792. The summed E-state index contributed by atoms with van der Waals surface area (Å²) < 4.78 is 42.4. The topological polar surface area (TPSA) is 45.7 Å². The summed E-state index contributed by atoms with van der Waals surface area (Å²) in [5.74, 6) is 0.250. The van der Waals surface area contributed by atoms with E-state index in [1.807, 2.05) is 4.90 Å². The van der Waals surface area contributed by atoms with Gasteiger partial charge in [0, 0.05) is 45.8 Å². The predicted octanol–water partition coefficient (Wildman–Crippen LogP) is 1.79. The zero-order valence-corrected chi connectivity index (χ0v) is 12.3. The number of aromatic nitrogens is 1. The lowest BCUT2D eigenvalue weighted by Gasteiger charge is -2.35. The summed E-state index contributed by atoms with van der Waals surface area (Å²) in [6.45, 7) is 5.25. The van der Waals surface area contributed by atoms with Crippen molar-refractivity contribution >= 4 is 11.8 Å². The highest BCUT2D eigenvalue weighted by Gasteiger charge is 2.31. The number of esters is 1. The molecule has 5 nitrogen and oxygen atoms in total. The molecule has 1 aliphatic heterocycles. The number of carbonyl (C=O) groups is 1. The van der Waals surface area contributed by atoms with Crippen molar-refractivity contribution in [2.75, 3.05) is 44.2 Å². The molecule has 0 radical (unpaired) electrons. The molecule has 0 bridgehead atoms. The number of nitrogens with zero attached hydrogens (tertiary/aromatic N) is 3. The first-order chi connectivity index (χ1) is 10.4. The Balaban J connectivity index is 1.82. The lowest BCUT2D eigenvalue weighted by atomic mass is 10.2. The average Bonchev–Trinajstić information content (AvgIpc) is 2.47. The normalized spacial score (nSPS) is 16.6. The Morgan fingerprint density at radius 2 is 1.95 bits per heavy atom. The van der Waals surface area contributed by atoms with Crippen LogP contribution in [-0.2, 0) is 15.7 Å². The molecular weight excluding hydrogens is 299 g/mol. The first kappa shape index (κ1) is 16.5. The highest BCUT2D eigenvalue weighted by molar-refractivity contribution is 5.65. The van der Waals surface area contributed by atoms with E-state index in [9.17, 15) is 18.0 Å². The maximum Gasteiger partial charge on any atom is 0.417 e. The van der Waals surface area contributed by atoms with E-state index in [0.29, 0.717) is 32.1 Å². The molecule has 2 rings (SSSR count). The molecule has 2 heterocycles. The molecule has 0 saturated carbocycles. The monoisotopic (exact) mass is 317 g/mol. The highest BCUT2D eigenvalue weighted by Crippen LogP contribution is 2.29. The summed E-state index contributed by atoms with van der Waals surface area (Å²) in [7, 11) is 0. The fourth-order valence-electron chi connectivity index (χ4n) is 2.26. The van der Waals surface area contributed by atoms with Crippen LogP contribution in [0, 0.1) is 0 Å². The molecule has 0 aliphatic carbocycles. The van der Waals surface area contributed by atoms with Crippen molar-refractivity contribution in [2.24, 2.45) is 0 Å². The third-order valence-electron chi connectivity index (χ3n) is 3.48. The number of ether oxygens (including phenoxy) is 1. The summed E-state index contributed by atoms with van der Waals surface area (Å²) in [6.07, 6.45) is -3.50. The number of hydrogen-bond acceptors (Lipinski definition) is 5. The number of rotatable bonds is 4. The van der Waals surface area contributed by atoms with E-state index in [4.69, 9.17) is 4.74 Å². The third kappa shape index (κ3) is 4.59. The molecule has 1 fully saturated rings. The van der Waals surface area contributed by atoms with Crippen LogP contribution in [0.15, 0.2) is 18.3 Å². The largest absolute Gasteiger partial charge is 0.465 e. The van der Waals surface area contributed by atoms with Gasteiger partial charge in [-0.15, -0.1) is 0 Å². The van der Waals surface area contributed by atoms with Gasteiger partial charge in [-0.2, -0.15) is 13.2 Å². The van der Waals surface area contributed by atoms with Crippen molar-refractivity contribution < 1.29 is 22.7 Å². The smallest absolute Gasteiger partial charge is 0.417 e. The average molecular weight is 317 g/mol. The molecule has 1 aromatic heterocycles. The van der Waals surface area contributed by atoms with Gasteiger partial charge in [0.05, 0.1) is 5.56 Å². The number of pyridine rings is 1. The van der Waals surface area contributed by atoms with Crippen molar-refractivity contribution in [3.05, 3.63) is 23.9 Å². The van der Waals surface area contributed by atoms with Gasteiger partial charge in [-0.1, -0.05) is 0 Å². The Labute approximate surface area is 126 Å². The molecule has 8 heteroatoms. The van der Waals surface area contributed by atoms with Crippen LogP contribution in [0.5, 0.6) is 0 Å². The van der Waals surface area contributed by atoms with E-state index in [0.717, 1.165) is 25.4 Å². The molecule has 0 N–H and O–H groups in total. The summed E-state index contributed by atoms with van der Waals surface area (Å²) >= 11 is 0. The fraction of sp³-hybridized carbons (Fsp3) is 0.571. The van der Waals surface area contributed by atoms with E-state index >= 15 is 0 Å². The number of anilines is 1. The van der Waals surface area contributed by atoms with Crippen molar-refractivity contribution in [1.82, 2.24) is 9.88 Å². The van der Waals surface area contributed by atoms with Crippen LogP contribution < -0.4 is 4.90 Å². The first-order valence-electron chi connectivity index (χ1n) is 7.00. The van der Waals surface area contributed by atoms with Crippen LogP contribution in [0.4, 0.5) is 19.0 Å². The van der Waals surface area contributed by atoms with Gasteiger partial charge in [0.1, 0.15) is 12.4 Å². The molecule has 0 unspecified atom stereocenters. The molecular formula is C14H18F3N3O2. The highest BCUT2D eigenvalue weighted by atomic mass is 19.4. The van der Waals surface area contributed by atoms with E-state index in [-0.39, 0.29) is 5.97 Å². The zero-order chi connectivity index (χ0) is 16.2. The van der Waals surface area contributed by atoms with Crippen LogP contribution in [-0.4, -0.2) is 55.2 Å². The van der Waals surface area contributed by atoms with Crippen LogP contribution in [0.25, 0.3) is 0 Å². The minimum absolute atomic E-state index is 0.299. The molecule has 0 atom stereocenters. The molecule has 22 heavy (non-hydrogen) atoms. The Morgan fingerprint density at radius 1 is 1.27 bits per heavy atom. The molecule has 1 aliphatic rings. The number of carbonyl (C=O) groups excluding carboxylic acids is 1. The molecule has 1 aromatic rings. The second kappa shape index (κ2) is 6.95. The number of halogens is 3. The van der Waals surface area contributed by atoms with Crippen molar-refractivity contribution in [3.8, 4) is 0 Å². The lowest BCUT2D eigenvalue weighted by Crippen LogP contribution is -2.47. The number of piperazine rings is 1. The van der Waals surface area contributed by atoms with Gasteiger partial charge in [0.25, 0.3) is 0 Å². The molecule has 0 aromatic carbocycles. The zero-order valence-electron chi connectivity index (χ0n) is 12.3. The van der Waals surface area contributed by atoms with Gasteiger partial charge in [0.15, 0.2) is 0 Å². The van der Waals surface area contributed by atoms with Gasteiger partial charge in [-0.3, -0.25) is 9.69 Å². The summed E-state index contributed by atoms with van der Waals surface area (Å²) in [6, 6.07) is 2.45. The van der Waals surface area contributed by atoms with Gasteiger partial charge in [-0.05, 0) is 12.1 Å². The number of hydrogen-bond donors (Lipinski definition) is 0. The van der Waals surface area contributed by atoms with Crippen LogP contribution in [0.1, 0.15) is 12.5 Å². The maximum absolute atomic E-state index is 12.5. The third-order valence-corrected chi connectivity index (χ3v) is 3.48. The second-order valence-corrected chi connectivity index (χ2v) is 5.07. The van der Waals surface area contributed by atoms with Crippen molar-refractivity contribution in [1.29, 1.82) is 0 Å². The summed E-state index contributed by atoms with van der Waals surface area (Å²) in [5, 5.41) is 0. The second-order valence-electron chi connectivity index (χ2n) is 5.07. The molecule has 122 valence electrons. The Bertz CT molecular complexity index is 497. The van der Waals surface area contributed by atoms with E-state index in [2.05, 4.69) is 9.88 Å². The van der Waals surface area contributed by atoms with Crippen LogP contribution in [0.2, 0.25) is 0 Å². The van der Waals surface area contributed by atoms with Gasteiger partial charge in [0.2, 0.25) is 0 Å². The predicted molar refractivity (Wildman–Crippen MR) is 74.5 cm³/mol.